The van der Waals surface area contributed by atoms with E-state index in [-0.39, 0.29) is 5.91 Å². The van der Waals surface area contributed by atoms with Crippen LogP contribution in [-0.4, -0.2) is 60.0 Å². The average molecular weight is 421 g/mol. The van der Waals surface area contributed by atoms with Gasteiger partial charge in [0.15, 0.2) is 0 Å². The van der Waals surface area contributed by atoms with Gasteiger partial charge in [0.1, 0.15) is 12.4 Å². The van der Waals surface area contributed by atoms with Gasteiger partial charge in [-0.3, -0.25) is 14.4 Å². The van der Waals surface area contributed by atoms with Gasteiger partial charge in [-0.2, -0.15) is 5.10 Å². The molecule has 0 spiro atoms. The summed E-state index contributed by atoms with van der Waals surface area (Å²) in [5.41, 5.74) is 4.27. The molecule has 4 rings (SSSR count). The predicted octanol–water partition coefficient (Wildman–Crippen LogP) is 3.36. The molecule has 2 heterocycles. The molecular formula is C24H28N4O3. The summed E-state index contributed by atoms with van der Waals surface area (Å²) < 4.78 is 13.3. The lowest BCUT2D eigenvalue weighted by Crippen LogP contribution is -2.38. The van der Waals surface area contributed by atoms with Crippen molar-refractivity contribution in [3.63, 3.8) is 0 Å². The molecule has 0 aliphatic carbocycles. The van der Waals surface area contributed by atoms with E-state index in [2.05, 4.69) is 15.3 Å². The van der Waals surface area contributed by atoms with Crippen LogP contribution in [0.3, 0.4) is 0 Å². The third kappa shape index (κ3) is 5.31. The minimum Gasteiger partial charge on any atom is -0.492 e. The first-order chi connectivity index (χ1) is 15.1. The van der Waals surface area contributed by atoms with Gasteiger partial charge in [0.2, 0.25) is 0 Å². The summed E-state index contributed by atoms with van der Waals surface area (Å²) in [6.07, 6.45) is 1.75. The highest BCUT2D eigenvalue weighted by molar-refractivity contribution is 6.04. The van der Waals surface area contributed by atoms with Crippen molar-refractivity contribution in [3.8, 4) is 17.0 Å². The number of rotatable bonds is 7. The molecule has 0 unspecified atom stereocenters. The first kappa shape index (κ1) is 21.1. The van der Waals surface area contributed by atoms with Crippen LogP contribution in [-0.2, 0) is 11.8 Å². The van der Waals surface area contributed by atoms with Crippen LogP contribution in [0.4, 0.5) is 5.69 Å². The zero-order valence-corrected chi connectivity index (χ0v) is 18.0. The Kier molecular flexibility index (Phi) is 6.64. The molecule has 7 heteroatoms. The van der Waals surface area contributed by atoms with E-state index in [0.717, 1.165) is 55.4 Å². The van der Waals surface area contributed by atoms with Crippen molar-refractivity contribution in [3.05, 3.63) is 65.9 Å². The maximum atomic E-state index is 12.6. The van der Waals surface area contributed by atoms with Crippen molar-refractivity contribution < 1.29 is 14.3 Å². The molecule has 7 nitrogen and oxygen atoms in total. The second-order valence-electron chi connectivity index (χ2n) is 7.67. The van der Waals surface area contributed by atoms with Crippen molar-refractivity contribution in [2.45, 2.75) is 6.92 Å². The second-order valence-corrected chi connectivity index (χ2v) is 7.67. The number of anilines is 1. The number of aromatic nitrogens is 2. The minimum atomic E-state index is -0.142. The maximum Gasteiger partial charge on any atom is 0.255 e. The van der Waals surface area contributed by atoms with Gasteiger partial charge in [-0.1, -0.05) is 17.7 Å². The van der Waals surface area contributed by atoms with Gasteiger partial charge in [-0.15, -0.1) is 0 Å². The molecule has 0 atom stereocenters. The van der Waals surface area contributed by atoms with E-state index in [1.54, 1.807) is 10.9 Å². The second kappa shape index (κ2) is 9.76. The Balaban J connectivity index is 1.51. The third-order valence-electron chi connectivity index (χ3n) is 5.42. The third-order valence-corrected chi connectivity index (χ3v) is 5.42. The topological polar surface area (TPSA) is 68.6 Å². The molecule has 1 aliphatic rings. The molecule has 162 valence electrons. The fraction of sp³-hybridized carbons (Fsp3) is 0.333. The monoisotopic (exact) mass is 420 g/mol. The van der Waals surface area contributed by atoms with E-state index in [4.69, 9.17) is 9.47 Å². The maximum absolute atomic E-state index is 12.6. The Hall–Kier alpha value is -3.16. The van der Waals surface area contributed by atoms with E-state index in [1.165, 1.54) is 0 Å². The van der Waals surface area contributed by atoms with Crippen LogP contribution in [0.5, 0.6) is 5.75 Å². The summed E-state index contributed by atoms with van der Waals surface area (Å²) >= 11 is 0. The number of carbonyl (C=O) groups is 1. The molecule has 1 aliphatic heterocycles. The van der Waals surface area contributed by atoms with Gasteiger partial charge in [-0.05, 0) is 43.3 Å². The Bertz CT molecular complexity index is 1020. The Morgan fingerprint density at radius 1 is 1.13 bits per heavy atom. The van der Waals surface area contributed by atoms with Gasteiger partial charge in [0.25, 0.3) is 5.91 Å². The SMILES string of the molecule is Cc1ccc(C(=O)Nc2ccc(OCCN3CCOCC3)c(-c3ccnn3C)c2)cc1. The Labute approximate surface area is 182 Å². The molecule has 1 fully saturated rings. The van der Waals surface area contributed by atoms with Crippen molar-refractivity contribution in [1.82, 2.24) is 14.7 Å². The molecule has 1 N–H and O–H groups in total. The van der Waals surface area contributed by atoms with Crippen LogP contribution >= 0.6 is 0 Å². The number of aryl methyl sites for hydroxylation is 2. The minimum absolute atomic E-state index is 0.142. The molecule has 0 bridgehead atoms. The van der Waals surface area contributed by atoms with E-state index in [9.17, 15) is 4.79 Å². The highest BCUT2D eigenvalue weighted by Gasteiger charge is 2.15. The lowest BCUT2D eigenvalue weighted by molar-refractivity contribution is 0.0323. The molecule has 0 radical (unpaired) electrons. The Morgan fingerprint density at radius 3 is 2.61 bits per heavy atom. The van der Waals surface area contributed by atoms with E-state index in [1.807, 2.05) is 62.5 Å². The van der Waals surface area contributed by atoms with Gasteiger partial charge in [0.05, 0.1) is 18.9 Å². The zero-order valence-electron chi connectivity index (χ0n) is 18.0. The number of ether oxygens (including phenoxy) is 2. The number of carbonyl (C=O) groups excluding carboxylic acids is 1. The number of hydrogen-bond donors (Lipinski definition) is 1. The standard InChI is InChI=1S/C24H28N4O3/c1-18-3-5-19(6-4-18)24(29)26-20-7-8-23(21(17-20)22-9-10-25-27(22)2)31-16-13-28-11-14-30-15-12-28/h3-10,17H,11-16H2,1-2H3,(H,26,29). The molecule has 0 saturated carbocycles. The van der Waals surface area contributed by atoms with Gasteiger partial charge in [0, 0.05) is 49.7 Å². The van der Waals surface area contributed by atoms with Crippen LogP contribution in [0, 0.1) is 6.92 Å². The van der Waals surface area contributed by atoms with Crippen molar-refractivity contribution in [2.75, 3.05) is 44.8 Å². The average Bonchev–Trinajstić information content (AvgIpc) is 3.21. The lowest BCUT2D eigenvalue weighted by Gasteiger charge is -2.26. The van der Waals surface area contributed by atoms with Gasteiger partial charge >= 0.3 is 0 Å². The van der Waals surface area contributed by atoms with Crippen molar-refractivity contribution in [1.29, 1.82) is 0 Å². The first-order valence-corrected chi connectivity index (χ1v) is 10.5. The van der Waals surface area contributed by atoms with Gasteiger partial charge in [-0.25, -0.2) is 0 Å². The summed E-state index contributed by atoms with van der Waals surface area (Å²) in [5, 5.41) is 7.27. The van der Waals surface area contributed by atoms with Crippen LogP contribution in [0.25, 0.3) is 11.3 Å². The molecule has 1 saturated heterocycles. The largest absolute Gasteiger partial charge is 0.492 e. The zero-order chi connectivity index (χ0) is 21.6. The number of amides is 1. The number of hydrogen-bond acceptors (Lipinski definition) is 5. The highest BCUT2D eigenvalue weighted by atomic mass is 16.5. The smallest absolute Gasteiger partial charge is 0.255 e. The highest BCUT2D eigenvalue weighted by Crippen LogP contribution is 2.32. The summed E-state index contributed by atoms with van der Waals surface area (Å²) in [5.74, 6) is 0.627. The molecule has 3 aromatic rings. The van der Waals surface area contributed by atoms with E-state index < -0.39 is 0 Å². The molecule has 31 heavy (non-hydrogen) atoms. The summed E-state index contributed by atoms with van der Waals surface area (Å²) in [4.78, 5) is 15.0. The quantitative estimate of drug-likeness (QED) is 0.635. The summed E-state index contributed by atoms with van der Waals surface area (Å²) in [7, 11) is 1.89. The fourth-order valence-electron chi connectivity index (χ4n) is 3.59. The molecule has 2 aromatic carbocycles. The van der Waals surface area contributed by atoms with Crippen LogP contribution in [0.2, 0.25) is 0 Å². The lowest BCUT2D eigenvalue weighted by atomic mass is 10.1. The summed E-state index contributed by atoms with van der Waals surface area (Å²) in [6.45, 7) is 6.84. The normalized spacial score (nSPS) is 14.4. The van der Waals surface area contributed by atoms with Crippen LogP contribution in [0.15, 0.2) is 54.7 Å². The number of nitrogens with one attached hydrogen (secondary N) is 1. The van der Waals surface area contributed by atoms with Gasteiger partial charge < -0.3 is 14.8 Å². The molecule has 1 amide bonds. The number of benzene rings is 2. The summed E-state index contributed by atoms with van der Waals surface area (Å²) in [6, 6.07) is 15.2. The fourth-order valence-corrected chi connectivity index (χ4v) is 3.59. The molecular weight excluding hydrogens is 392 g/mol. The predicted molar refractivity (Wildman–Crippen MR) is 121 cm³/mol. The Morgan fingerprint density at radius 2 is 1.90 bits per heavy atom. The first-order valence-electron chi connectivity index (χ1n) is 10.5. The van der Waals surface area contributed by atoms with Crippen LogP contribution in [0.1, 0.15) is 15.9 Å². The molecule has 1 aromatic heterocycles. The van der Waals surface area contributed by atoms with Crippen LogP contribution < -0.4 is 10.1 Å². The van der Waals surface area contributed by atoms with E-state index >= 15 is 0 Å². The van der Waals surface area contributed by atoms with Crippen molar-refractivity contribution in [2.24, 2.45) is 7.05 Å². The number of nitrogens with zero attached hydrogens (tertiary/aromatic N) is 3. The van der Waals surface area contributed by atoms with E-state index in [0.29, 0.717) is 17.9 Å². The number of morpholine rings is 1. The van der Waals surface area contributed by atoms with Crippen molar-refractivity contribution >= 4 is 11.6 Å².